The molecule has 0 unspecified atom stereocenters. The second kappa shape index (κ2) is 8.60. The zero-order chi connectivity index (χ0) is 22.0. The summed E-state index contributed by atoms with van der Waals surface area (Å²) in [4.78, 5) is 30.3. The predicted octanol–water partition coefficient (Wildman–Crippen LogP) is 4.76. The van der Waals surface area contributed by atoms with Gasteiger partial charge in [-0.05, 0) is 49.1 Å². The van der Waals surface area contributed by atoms with Gasteiger partial charge in [0.05, 0.1) is 5.57 Å². The zero-order valence-corrected chi connectivity index (χ0v) is 18.1. The Morgan fingerprint density at radius 2 is 1.45 bits per heavy atom. The molecule has 3 aromatic carbocycles. The van der Waals surface area contributed by atoms with Crippen molar-refractivity contribution in [3.05, 3.63) is 107 Å². The Hall–Kier alpha value is -3.66. The fourth-order valence-corrected chi connectivity index (χ4v) is 4.08. The summed E-state index contributed by atoms with van der Waals surface area (Å²) in [5.74, 6) is -0.479. The summed E-state index contributed by atoms with van der Waals surface area (Å²) in [6, 6.07) is 25.6. The lowest BCUT2D eigenvalue weighted by Gasteiger charge is -2.21. The second-order valence-corrected chi connectivity index (χ2v) is 7.93. The van der Waals surface area contributed by atoms with E-state index in [0.717, 1.165) is 27.9 Å². The van der Waals surface area contributed by atoms with Crippen molar-refractivity contribution in [2.45, 2.75) is 20.3 Å². The van der Waals surface area contributed by atoms with E-state index in [1.54, 1.807) is 0 Å². The number of hydrogen-bond acceptors (Lipinski definition) is 3. The van der Waals surface area contributed by atoms with Crippen molar-refractivity contribution >= 4 is 23.1 Å². The van der Waals surface area contributed by atoms with E-state index in [1.807, 2.05) is 105 Å². The number of benzene rings is 3. The lowest BCUT2D eigenvalue weighted by atomic mass is 9.97. The highest BCUT2D eigenvalue weighted by Gasteiger charge is 2.41. The number of carbonyl (C=O) groups excluding carboxylic acids is 2. The van der Waals surface area contributed by atoms with Gasteiger partial charge in [-0.25, -0.2) is 0 Å². The average Bonchev–Trinajstić information content (AvgIpc) is 3.02. The third-order valence-corrected chi connectivity index (χ3v) is 5.74. The quantitative estimate of drug-likeness (QED) is 0.550. The first kappa shape index (κ1) is 20.6. The largest absolute Gasteiger partial charge is 0.339 e. The van der Waals surface area contributed by atoms with Gasteiger partial charge in [0.25, 0.3) is 11.8 Å². The summed E-state index contributed by atoms with van der Waals surface area (Å²) in [5.41, 5.74) is 5.78. The van der Waals surface area contributed by atoms with E-state index in [4.69, 9.17) is 0 Å². The predicted molar refractivity (Wildman–Crippen MR) is 125 cm³/mol. The maximum absolute atomic E-state index is 13.5. The highest BCUT2D eigenvalue weighted by molar-refractivity contribution is 6.37. The maximum atomic E-state index is 13.5. The Bertz CT molecular complexity index is 1150. The van der Waals surface area contributed by atoms with Crippen LogP contribution in [0, 0.1) is 13.8 Å². The van der Waals surface area contributed by atoms with Crippen molar-refractivity contribution in [2.24, 2.45) is 0 Å². The first-order valence-electron chi connectivity index (χ1n) is 10.5. The fraction of sp³-hybridized carbons (Fsp3) is 0.185. The van der Waals surface area contributed by atoms with Crippen LogP contribution in [0.3, 0.4) is 0 Å². The number of amides is 2. The number of para-hydroxylation sites is 1. The number of anilines is 1. The number of imide groups is 1. The molecule has 1 aliphatic rings. The minimum absolute atomic E-state index is 0.231. The van der Waals surface area contributed by atoms with Crippen LogP contribution < -0.4 is 4.90 Å². The Balaban J connectivity index is 1.75. The van der Waals surface area contributed by atoms with E-state index in [2.05, 4.69) is 0 Å². The number of rotatable bonds is 6. The van der Waals surface area contributed by atoms with Gasteiger partial charge in [0, 0.05) is 19.3 Å². The number of nitrogens with zero attached hydrogens (tertiary/aromatic N) is 2. The summed E-state index contributed by atoms with van der Waals surface area (Å²) in [6.07, 6.45) is 0.626. The molecule has 0 aliphatic carbocycles. The molecule has 0 bridgehead atoms. The Kier molecular flexibility index (Phi) is 5.72. The molecule has 0 saturated carbocycles. The van der Waals surface area contributed by atoms with E-state index in [9.17, 15) is 9.59 Å². The van der Waals surface area contributed by atoms with Crippen LogP contribution >= 0.6 is 0 Å². The zero-order valence-electron chi connectivity index (χ0n) is 18.1. The van der Waals surface area contributed by atoms with Crippen molar-refractivity contribution in [3.8, 4) is 0 Å². The van der Waals surface area contributed by atoms with E-state index in [-0.39, 0.29) is 11.8 Å². The molecule has 0 fully saturated rings. The molecule has 0 radical (unpaired) electrons. The molecule has 2 amide bonds. The van der Waals surface area contributed by atoms with E-state index < -0.39 is 0 Å². The topological polar surface area (TPSA) is 40.6 Å². The molecule has 0 atom stereocenters. The van der Waals surface area contributed by atoms with Gasteiger partial charge in [0.2, 0.25) is 0 Å². The molecular formula is C27H26N2O2. The SMILES string of the molecule is Cc1ccc(C2=C(N(C)c3ccccc3)C(=O)N(CCc3ccccc3)C2=O)c(C)c1. The minimum atomic E-state index is -0.248. The standard InChI is InChI=1S/C27H26N2O2/c1-19-14-15-23(20(2)18-19)24-25(28(3)22-12-8-5-9-13-22)27(31)29(26(24)30)17-16-21-10-6-4-7-11-21/h4-15,18H,16-17H2,1-3H3. The van der Waals surface area contributed by atoms with Gasteiger partial charge >= 0.3 is 0 Å². The van der Waals surface area contributed by atoms with Gasteiger partial charge in [-0.1, -0.05) is 72.3 Å². The normalized spacial score (nSPS) is 13.8. The smallest absolute Gasteiger partial charge is 0.278 e. The molecule has 0 spiro atoms. The van der Waals surface area contributed by atoms with Gasteiger partial charge in [0.1, 0.15) is 5.70 Å². The van der Waals surface area contributed by atoms with Crippen LogP contribution in [0.5, 0.6) is 0 Å². The lowest BCUT2D eigenvalue weighted by molar-refractivity contribution is -0.136. The lowest BCUT2D eigenvalue weighted by Crippen LogP contribution is -2.35. The Labute approximate surface area is 183 Å². The highest BCUT2D eigenvalue weighted by Crippen LogP contribution is 2.35. The minimum Gasteiger partial charge on any atom is -0.339 e. The van der Waals surface area contributed by atoms with E-state index in [0.29, 0.717) is 24.2 Å². The summed E-state index contributed by atoms with van der Waals surface area (Å²) in [6.45, 7) is 4.36. The van der Waals surface area contributed by atoms with Crippen molar-refractivity contribution in [1.82, 2.24) is 4.90 Å². The molecule has 0 saturated heterocycles. The number of carbonyl (C=O) groups is 2. The van der Waals surface area contributed by atoms with E-state index >= 15 is 0 Å². The van der Waals surface area contributed by atoms with Gasteiger partial charge < -0.3 is 4.90 Å². The summed E-state index contributed by atoms with van der Waals surface area (Å²) >= 11 is 0. The van der Waals surface area contributed by atoms with Crippen molar-refractivity contribution in [3.63, 3.8) is 0 Å². The van der Waals surface area contributed by atoms with Crippen molar-refractivity contribution < 1.29 is 9.59 Å². The number of hydrogen-bond donors (Lipinski definition) is 0. The van der Waals surface area contributed by atoms with E-state index in [1.165, 1.54) is 4.90 Å². The highest BCUT2D eigenvalue weighted by atomic mass is 16.2. The molecule has 4 heteroatoms. The summed E-state index contributed by atoms with van der Waals surface area (Å²) in [5, 5.41) is 0. The number of aryl methyl sites for hydroxylation is 2. The van der Waals surface area contributed by atoms with Crippen molar-refractivity contribution in [2.75, 3.05) is 18.5 Å². The monoisotopic (exact) mass is 410 g/mol. The molecule has 31 heavy (non-hydrogen) atoms. The molecule has 156 valence electrons. The fourth-order valence-electron chi connectivity index (χ4n) is 4.08. The van der Waals surface area contributed by atoms with Gasteiger partial charge in [-0.15, -0.1) is 0 Å². The van der Waals surface area contributed by atoms with Gasteiger partial charge in [0.15, 0.2) is 0 Å². The molecule has 0 aromatic heterocycles. The van der Waals surface area contributed by atoms with Crippen LogP contribution in [0.4, 0.5) is 5.69 Å². The third kappa shape index (κ3) is 4.02. The summed E-state index contributed by atoms with van der Waals surface area (Å²) in [7, 11) is 1.85. The van der Waals surface area contributed by atoms with Gasteiger partial charge in [-0.2, -0.15) is 0 Å². The average molecular weight is 411 g/mol. The van der Waals surface area contributed by atoms with Crippen LogP contribution in [0.2, 0.25) is 0 Å². The van der Waals surface area contributed by atoms with Crippen LogP contribution in [0.15, 0.2) is 84.6 Å². The van der Waals surface area contributed by atoms with Crippen LogP contribution in [0.1, 0.15) is 22.3 Å². The summed E-state index contributed by atoms with van der Waals surface area (Å²) < 4.78 is 0. The first-order chi connectivity index (χ1) is 15.0. The molecular weight excluding hydrogens is 384 g/mol. The second-order valence-electron chi connectivity index (χ2n) is 7.93. The molecule has 4 rings (SSSR count). The maximum Gasteiger partial charge on any atom is 0.278 e. The molecule has 3 aromatic rings. The van der Waals surface area contributed by atoms with Crippen LogP contribution in [-0.4, -0.2) is 30.3 Å². The third-order valence-electron chi connectivity index (χ3n) is 5.74. The molecule has 4 nitrogen and oxygen atoms in total. The molecule has 1 heterocycles. The van der Waals surface area contributed by atoms with Crippen molar-refractivity contribution in [1.29, 1.82) is 0 Å². The number of likely N-dealkylation sites (N-methyl/N-ethyl adjacent to an activating group) is 1. The molecule has 0 N–H and O–H groups in total. The Morgan fingerprint density at radius 1 is 0.806 bits per heavy atom. The van der Waals surface area contributed by atoms with Crippen LogP contribution in [0.25, 0.3) is 5.57 Å². The first-order valence-corrected chi connectivity index (χ1v) is 10.5. The van der Waals surface area contributed by atoms with Gasteiger partial charge in [-0.3, -0.25) is 14.5 Å². The van der Waals surface area contributed by atoms with Crippen LogP contribution in [-0.2, 0) is 16.0 Å². The Morgan fingerprint density at radius 3 is 2.10 bits per heavy atom. The molecule has 1 aliphatic heterocycles.